The second-order valence-corrected chi connectivity index (χ2v) is 6.02. The van der Waals surface area contributed by atoms with Crippen LogP contribution in [0.25, 0.3) is 11.3 Å². The predicted octanol–water partition coefficient (Wildman–Crippen LogP) is 3.28. The second-order valence-electron chi connectivity index (χ2n) is 6.02. The molecule has 2 aromatic rings. The average Bonchev–Trinajstić information content (AvgIpc) is 3.09. The van der Waals surface area contributed by atoms with E-state index in [0.29, 0.717) is 5.92 Å². The summed E-state index contributed by atoms with van der Waals surface area (Å²) in [5.74, 6) is 1.48. The monoisotopic (exact) mass is 255 g/mol. The van der Waals surface area contributed by atoms with Gasteiger partial charge in [0.2, 0.25) is 0 Å². The van der Waals surface area contributed by atoms with Crippen LogP contribution in [0.1, 0.15) is 36.7 Å². The van der Waals surface area contributed by atoms with E-state index < -0.39 is 0 Å². The molecule has 0 radical (unpaired) electrons. The minimum absolute atomic E-state index is 0.323. The van der Waals surface area contributed by atoms with Crippen molar-refractivity contribution in [2.45, 2.75) is 39.2 Å². The molecule has 1 saturated carbocycles. The lowest BCUT2D eigenvalue weighted by molar-refractivity contribution is 0.404. The lowest BCUT2D eigenvalue weighted by Crippen LogP contribution is -2.36. The molecule has 1 fully saturated rings. The molecule has 0 amide bonds. The maximum atomic E-state index is 6.40. The first-order valence-corrected chi connectivity index (χ1v) is 6.90. The van der Waals surface area contributed by atoms with Gasteiger partial charge in [-0.25, -0.2) is 4.98 Å². The SMILES string of the molecule is Cc1ccc(-c2cnc(C(C)(N)C3CC3)[nH]2)c(C)c1. The lowest BCUT2D eigenvalue weighted by atomic mass is 9.96. The molecule has 3 heteroatoms. The Morgan fingerprint density at radius 1 is 1.32 bits per heavy atom. The van der Waals surface area contributed by atoms with Gasteiger partial charge in [0, 0.05) is 5.56 Å². The van der Waals surface area contributed by atoms with Crippen molar-refractivity contribution in [3.63, 3.8) is 0 Å². The highest BCUT2D eigenvalue weighted by atomic mass is 15.0. The molecule has 100 valence electrons. The van der Waals surface area contributed by atoms with Crippen molar-refractivity contribution in [3.05, 3.63) is 41.3 Å². The van der Waals surface area contributed by atoms with E-state index in [1.54, 1.807) is 0 Å². The summed E-state index contributed by atoms with van der Waals surface area (Å²) in [4.78, 5) is 7.92. The molecule has 1 heterocycles. The van der Waals surface area contributed by atoms with Gasteiger partial charge >= 0.3 is 0 Å². The zero-order valence-electron chi connectivity index (χ0n) is 11.8. The maximum Gasteiger partial charge on any atom is 0.126 e. The van der Waals surface area contributed by atoms with Gasteiger partial charge in [0.1, 0.15) is 5.82 Å². The smallest absolute Gasteiger partial charge is 0.126 e. The summed E-state index contributed by atoms with van der Waals surface area (Å²) in [5.41, 5.74) is 10.9. The third kappa shape index (κ3) is 2.19. The molecule has 1 aliphatic carbocycles. The van der Waals surface area contributed by atoms with Crippen molar-refractivity contribution in [2.75, 3.05) is 0 Å². The molecule has 3 rings (SSSR count). The zero-order valence-corrected chi connectivity index (χ0v) is 11.8. The first kappa shape index (κ1) is 12.4. The van der Waals surface area contributed by atoms with E-state index in [1.807, 2.05) is 6.20 Å². The van der Waals surface area contributed by atoms with Crippen molar-refractivity contribution < 1.29 is 0 Å². The van der Waals surface area contributed by atoms with Crippen molar-refractivity contribution in [1.82, 2.24) is 9.97 Å². The molecule has 1 aliphatic rings. The van der Waals surface area contributed by atoms with Crippen LogP contribution >= 0.6 is 0 Å². The number of H-pyrrole nitrogens is 1. The Kier molecular flexibility index (Phi) is 2.75. The summed E-state index contributed by atoms with van der Waals surface area (Å²) in [6, 6.07) is 6.47. The molecule has 0 spiro atoms. The van der Waals surface area contributed by atoms with Gasteiger partial charge in [-0.15, -0.1) is 0 Å². The molecule has 1 aromatic carbocycles. The predicted molar refractivity (Wildman–Crippen MR) is 77.8 cm³/mol. The van der Waals surface area contributed by atoms with E-state index >= 15 is 0 Å². The molecule has 1 atom stereocenters. The Labute approximate surface area is 114 Å². The second kappa shape index (κ2) is 4.20. The summed E-state index contributed by atoms with van der Waals surface area (Å²) < 4.78 is 0. The minimum atomic E-state index is -0.323. The van der Waals surface area contributed by atoms with Crippen molar-refractivity contribution in [3.8, 4) is 11.3 Å². The van der Waals surface area contributed by atoms with E-state index in [4.69, 9.17) is 5.73 Å². The highest BCUT2D eigenvalue weighted by Crippen LogP contribution is 2.43. The number of hydrogen-bond acceptors (Lipinski definition) is 2. The highest BCUT2D eigenvalue weighted by molar-refractivity contribution is 5.63. The topological polar surface area (TPSA) is 54.7 Å². The van der Waals surface area contributed by atoms with E-state index in [1.165, 1.54) is 29.5 Å². The number of nitrogens with one attached hydrogen (secondary N) is 1. The average molecular weight is 255 g/mol. The van der Waals surface area contributed by atoms with Gasteiger partial charge in [0.25, 0.3) is 0 Å². The molecule has 3 N–H and O–H groups in total. The normalized spacial score (nSPS) is 18.3. The molecule has 0 saturated heterocycles. The summed E-state index contributed by atoms with van der Waals surface area (Å²) in [5, 5.41) is 0. The molecule has 1 unspecified atom stereocenters. The van der Waals surface area contributed by atoms with Gasteiger partial charge in [-0.1, -0.05) is 23.8 Å². The van der Waals surface area contributed by atoms with Crippen LogP contribution < -0.4 is 5.73 Å². The van der Waals surface area contributed by atoms with Gasteiger partial charge in [0.15, 0.2) is 0 Å². The summed E-state index contributed by atoms with van der Waals surface area (Å²) in [6.45, 7) is 6.32. The summed E-state index contributed by atoms with van der Waals surface area (Å²) >= 11 is 0. The number of nitrogens with zero attached hydrogens (tertiary/aromatic N) is 1. The van der Waals surface area contributed by atoms with Crippen molar-refractivity contribution >= 4 is 0 Å². The van der Waals surface area contributed by atoms with E-state index in [-0.39, 0.29) is 5.54 Å². The Bertz CT molecular complexity index is 606. The third-order valence-corrected chi connectivity index (χ3v) is 4.18. The van der Waals surface area contributed by atoms with Crippen LogP contribution in [0.5, 0.6) is 0 Å². The maximum absolute atomic E-state index is 6.40. The van der Waals surface area contributed by atoms with Crippen LogP contribution in [0.4, 0.5) is 0 Å². The quantitative estimate of drug-likeness (QED) is 0.884. The molecule has 3 nitrogen and oxygen atoms in total. The molecular formula is C16H21N3. The van der Waals surface area contributed by atoms with Gasteiger partial charge < -0.3 is 10.7 Å². The number of nitrogens with two attached hydrogens (primary N) is 1. The first-order valence-electron chi connectivity index (χ1n) is 6.90. The van der Waals surface area contributed by atoms with Crippen LogP contribution in [0.3, 0.4) is 0 Å². The van der Waals surface area contributed by atoms with E-state index in [9.17, 15) is 0 Å². The lowest BCUT2D eigenvalue weighted by Gasteiger charge is -2.21. The van der Waals surface area contributed by atoms with Crippen LogP contribution in [-0.2, 0) is 5.54 Å². The first-order chi connectivity index (χ1) is 8.98. The Hall–Kier alpha value is -1.61. The van der Waals surface area contributed by atoms with E-state index in [2.05, 4.69) is 48.9 Å². The standard InChI is InChI=1S/C16H21N3/c1-10-4-7-13(11(2)8-10)14-9-18-15(19-14)16(3,17)12-5-6-12/h4,7-9,12H,5-6,17H2,1-3H3,(H,18,19). The molecular weight excluding hydrogens is 234 g/mol. The van der Waals surface area contributed by atoms with Crippen LogP contribution in [0.2, 0.25) is 0 Å². The minimum Gasteiger partial charge on any atom is -0.340 e. The Balaban J connectivity index is 1.96. The number of hydrogen-bond donors (Lipinski definition) is 2. The molecule has 0 bridgehead atoms. The summed E-state index contributed by atoms with van der Waals surface area (Å²) in [6.07, 6.45) is 4.33. The van der Waals surface area contributed by atoms with Crippen molar-refractivity contribution in [1.29, 1.82) is 0 Å². The number of benzene rings is 1. The number of aromatic nitrogens is 2. The highest BCUT2D eigenvalue weighted by Gasteiger charge is 2.41. The summed E-state index contributed by atoms with van der Waals surface area (Å²) in [7, 11) is 0. The van der Waals surface area contributed by atoms with Crippen LogP contribution in [0, 0.1) is 19.8 Å². The van der Waals surface area contributed by atoms with E-state index in [0.717, 1.165) is 11.5 Å². The van der Waals surface area contributed by atoms with Gasteiger partial charge in [0.05, 0.1) is 17.4 Å². The van der Waals surface area contributed by atoms with Crippen molar-refractivity contribution in [2.24, 2.45) is 11.7 Å². The zero-order chi connectivity index (χ0) is 13.6. The molecule has 19 heavy (non-hydrogen) atoms. The van der Waals surface area contributed by atoms with Gasteiger partial charge in [-0.2, -0.15) is 0 Å². The Morgan fingerprint density at radius 2 is 2.05 bits per heavy atom. The van der Waals surface area contributed by atoms with Crippen LogP contribution in [0.15, 0.2) is 24.4 Å². The largest absolute Gasteiger partial charge is 0.340 e. The van der Waals surface area contributed by atoms with Gasteiger partial charge in [-0.05, 0) is 45.1 Å². The molecule has 0 aliphatic heterocycles. The number of rotatable bonds is 3. The fourth-order valence-electron chi connectivity index (χ4n) is 2.72. The Morgan fingerprint density at radius 3 is 2.68 bits per heavy atom. The van der Waals surface area contributed by atoms with Crippen LogP contribution in [-0.4, -0.2) is 9.97 Å². The molecule has 1 aromatic heterocycles. The fraction of sp³-hybridized carbons (Fsp3) is 0.438. The van der Waals surface area contributed by atoms with Gasteiger partial charge in [-0.3, -0.25) is 0 Å². The number of aromatic amines is 1. The number of imidazole rings is 1. The number of aryl methyl sites for hydroxylation is 2. The fourth-order valence-corrected chi connectivity index (χ4v) is 2.72. The third-order valence-electron chi connectivity index (χ3n) is 4.18.